The Morgan fingerprint density at radius 1 is 1.39 bits per heavy atom. The van der Waals surface area contributed by atoms with E-state index in [9.17, 15) is 4.79 Å². The molecule has 1 aromatic carbocycles. The van der Waals surface area contributed by atoms with E-state index < -0.39 is 6.10 Å². The molecule has 0 saturated carbocycles. The van der Waals surface area contributed by atoms with E-state index in [-0.39, 0.29) is 5.97 Å². The van der Waals surface area contributed by atoms with Crippen molar-refractivity contribution in [2.45, 2.75) is 26.9 Å². The standard InChI is InChI=1S/C14H15NO3/c1-9-5-4-6-12(7-9)14-8-13(15-18-14)10(2)17-11(3)16/h4-8,10H,1-3H3. The molecular weight excluding hydrogens is 230 g/mol. The molecule has 0 saturated heterocycles. The second-order valence-corrected chi connectivity index (χ2v) is 4.24. The lowest BCUT2D eigenvalue weighted by Gasteiger charge is -2.06. The number of carbonyl (C=O) groups is 1. The predicted molar refractivity (Wildman–Crippen MR) is 66.9 cm³/mol. The van der Waals surface area contributed by atoms with Gasteiger partial charge in [-0.05, 0) is 19.9 Å². The van der Waals surface area contributed by atoms with E-state index in [2.05, 4.69) is 5.16 Å². The van der Waals surface area contributed by atoms with Crippen LogP contribution in [0.1, 0.15) is 31.2 Å². The van der Waals surface area contributed by atoms with E-state index in [4.69, 9.17) is 9.26 Å². The SMILES string of the molecule is CC(=O)OC(C)c1cc(-c2cccc(C)c2)on1. The summed E-state index contributed by atoms with van der Waals surface area (Å²) in [6, 6.07) is 9.74. The average Bonchev–Trinajstić information content (AvgIpc) is 2.77. The van der Waals surface area contributed by atoms with Gasteiger partial charge in [0.15, 0.2) is 5.76 Å². The lowest BCUT2D eigenvalue weighted by Crippen LogP contribution is -2.04. The number of nitrogens with zero attached hydrogens (tertiary/aromatic N) is 1. The Kier molecular flexibility index (Phi) is 3.46. The van der Waals surface area contributed by atoms with Crippen LogP contribution in [-0.4, -0.2) is 11.1 Å². The summed E-state index contributed by atoms with van der Waals surface area (Å²) in [6.45, 7) is 5.15. The van der Waals surface area contributed by atoms with Gasteiger partial charge in [0.25, 0.3) is 0 Å². The summed E-state index contributed by atoms with van der Waals surface area (Å²) in [4.78, 5) is 10.9. The number of ether oxygens (including phenoxy) is 1. The van der Waals surface area contributed by atoms with Crippen molar-refractivity contribution in [2.75, 3.05) is 0 Å². The Morgan fingerprint density at radius 3 is 2.83 bits per heavy atom. The van der Waals surface area contributed by atoms with Crippen molar-refractivity contribution in [3.05, 3.63) is 41.6 Å². The number of aryl methyl sites for hydroxylation is 1. The molecule has 1 unspecified atom stereocenters. The molecule has 94 valence electrons. The van der Waals surface area contributed by atoms with Crippen LogP contribution in [0.15, 0.2) is 34.9 Å². The molecule has 0 spiro atoms. The molecule has 1 atom stereocenters. The van der Waals surface area contributed by atoms with Crippen LogP contribution in [0, 0.1) is 6.92 Å². The summed E-state index contributed by atoms with van der Waals surface area (Å²) in [6.07, 6.45) is -0.398. The van der Waals surface area contributed by atoms with Crippen LogP contribution in [0.25, 0.3) is 11.3 Å². The summed E-state index contributed by atoms with van der Waals surface area (Å²) in [5.74, 6) is 0.343. The first-order valence-electron chi connectivity index (χ1n) is 5.77. The molecule has 1 aromatic heterocycles. The molecule has 0 radical (unpaired) electrons. The van der Waals surface area contributed by atoms with E-state index in [1.165, 1.54) is 6.92 Å². The minimum Gasteiger partial charge on any atom is -0.456 e. The fourth-order valence-electron chi connectivity index (χ4n) is 1.72. The van der Waals surface area contributed by atoms with Crippen molar-refractivity contribution >= 4 is 5.97 Å². The molecule has 0 N–H and O–H groups in total. The normalized spacial score (nSPS) is 12.2. The zero-order valence-electron chi connectivity index (χ0n) is 10.6. The maximum Gasteiger partial charge on any atom is 0.303 e. The first-order valence-corrected chi connectivity index (χ1v) is 5.77. The number of hydrogen-bond donors (Lipinski definition) is 0. The lowest BCUT2D eigenvalue weighted by atomic mass is 10.1. The summed E-state index contributed by atoms with van der Waals surface area (Å²) in [5, 5.41) is 3.92. The number of benzene rings is 1. The maximum atomic E-state index is 10.9. The third-order valence-electron chi connectivity index (χ3n) is 2.59. The Labute approximate surface area is 106 Å². The number of esters is 1. The van der Waals surface area contributed by atoms with Crippen LogP contribution in [-0.2, 0) is 9.53 Å². The quantitative estimate of drug-likeness (QED) is 0.779. The molecule has 0 aliphatic rings. The van der Waals surface area contributed by atoms with Gasteiger partial charge in [-0.2, -0.15) is 0 Å². The Balaban J connectivity index is 2.22. The highest BCUT2D eigenvalue weighted by Crippen LogP contribution is 2.25. The van der Waals surface area contributed by atoms with Crippen LogP contribution >= 0.6 is 0 Å². The van der Waals surface area contributed by atoms with Crippen molar-refractivity contribution in [1.29, 1.82) is 0 Å². The topological polar surface area (TPSA) is 52.3 Å². The van der Waals surface area contributed by atoms with E-state index in [1.54, 1.807) is 13.0 Å². The molecular formula is C14H15NO3. The molecule has 0 fully saturated rings. The number of hydrogen-bond acceptors (Lipinski definition) is 4. The second kappa shape index (κ2) is 5.04. The number of carbonyl (C=O) groups excluding carboxylic acids is 1. The summed E-state index contributed by atoms with van der Waals surface area (Å²) in [5.41, 5.74) is 2.73. The first-order chi connectivity index (χ1) is 8.56. The Hall–Kier alpha value is -2.10. The molecule has 4 nitrogen and oxygen atoms in total. The van der Waals surface area contributed by atoms with E-state index in [1.807, 2.05) is 31.2 Å². The van der Waals surface area contributed by atoms with Crippen LogP contribution in [0.2, 0.25) is 0 Å². The van der Waals surface area contributed by atoms with Crippen LogP contribution in [0.4, 0.5) is 0 Å². The van der Waals surface area contributed by atoms with Gasteiger partial charge in [-0.15, -0.1) is 0 Å². The molecule has 0 aliphatic heterocycles. The fraction of sp³-hybridized carbons (Fsp3) is 0.286. The van der Waals surface area contributed by atoms with Crippen molar-refractivity contribution in [3.63, 3.8) is 0 Å². The average molecular weight is 245 g/mol. The maximum absolute atomic E-state index is 10.9. The summed E-state index contributed by atoms with van der Waals surface area (Å²) >= 11 is 0. The minimum absolute atomic E-state index is 0.331. The number of aromatic nitrogens is 1. The first kappa shape index (κ1) is 12.4. The molecule has 0 amide bonds. The minimum atomic E-state index is -0.398. The zero-order chi connectivity index (χ0) is 13.1. The molecule has 1 heterocycles. The van der Waals surface area contributed by atoms with Gasteiger partial charge in [0.05, 0.1) is 0 Å². The van der Waals surface area contributed by atoms with E-state index >= 15 is 0 Å². The zero-order valence-corrected chi connectivity index (χ0v) is 10.6. The van der Waals surface area contributed by atoms with E-state index in [0.29, 0.717) is 11.5 Å². The Bertz CT molecular complexity index is 560. The van der Waals surface area contributed by atoms with E-state index in [0.717, 1.165) is 11.1 Å². The van der Waals surface area contributed by atoms with Crippen LogP contribution in [0.3, 0.4) is 0 Å². The van der Waals surface area contributed by atoms with Gasteiger partial charge in [0.1, 0.15) is 11.8 Å². The van der Waals surface area contributed by atoms with Gasteiger partial charge in [-0.25, -0.2) is 0 Å². The van der Waals surface area contributed by atoms with Crippen molar-refractivity contribution in [2.24, 2.45) is 0 Å². The highest BCUT2D eigenvalue weighted by molar-refractivity contribution is 5.66. The highest BCUT2D eigenvalue weighted by Gasteiger charge is 2.15. The van der Waals surface area contributed by atoms with Gasteiger partial charge >= 0.3 is 5.97 Å². The van der Waals surface area contributed by atoms with Crippen molar-refractivity contribution < 1.29 is 14.1 Å². The largest absolute Gasteiger partial charge is 0.456 e. The van der Waals surface area contributed by atoms with Gasteiger partial charge < -0.3 is 9.26 Å². The van der Waals surface area contributed by atoms with Crippen LogP contribution in [0.5, 0.6) is 0 Å². The van der Waals surface area contributed by atoms with Crippen molar-refractivity contribution in [3.8, 4) is 11.3 Å². The van der Waals surface area contributed by atoms with Gasteiger partial charge in [0, 0.05) is 18.6 Å². The predicted octanol–water partition coefficient (Wildman–Crippen LogP) is 3.27. The van der Waals surface area contributed by atoms with Gasteiger partial charge in [0.2, 0.25) is 0 Å². The Morgan fingerprint density at radius 2 is 2.17 bits per heavy atom. The monoisotopic (exact) mass is 245 g/mol. The van der Waals surface area contributed by atoms with Gasteiger partial charge in [-0.1, -0.05) is 28.9 Å². The summed E-state index contributed by atoms with van der Waals surface area (Å²) < 4.78 is 10.3. The summed E-state index contributed by atoms with van der Waals surface area (Å²) in [7, 11) is 0. The van der Waals surface area contributed by atoms with Crippen molar-refractivity contribution in [1.82, 2.24) is 5.16 Å². The molecule has 0 aliphatic carbocycles. The lowest BCUT2D eigenvalue weighted by molar-refractivity contribution is -0.146. The molecule has 2 aromatic rings. The third kappa shape index (κ3) is 2.77. The molecule has 0 bridgehead atoms. The van der Waals surface area contributed by atoms with Crippen LogP contribution < -0.4 is 0 Å². The third-order valence-corrected chi connectivity index (χ3v) is 2.59. The molecule has 2 rings (SSSR count). The molecule has 4 heteroatoms. The highest BCUT2D eigenvalue weighted by atomic mass is 16.5. The van der Waals surface area contributed by atoms with Gasteiger partial charge in [-0.3, -0.25) is 4.79 Å². The number of rotatable bonds is 3. The second-order valence-electron chi connectivity index (χ2n) is 4.24. The molecule has 18 heavy (non-hydrogen) atoms. The smallest absolute Gasteiger partial charge is 0.303 e. The fourth-order valence-corrected chi connectivity index (χ4v) is 1.72.